The average Bonchev–Trinajstić information content (AvgIpc) is 3.29. The molecule has 1 heterocycles. The Hall–Kier alpha value is -1.84. The lowest BCUT2D eigenvalue weighted by molar-refractivity contribution is -0.141. The van der Waals surface area contributed by atoms with Crippen LogP contribution in [0.15, 0.2) is 18.2 Å². The molecule has 2 amide bonds. The van der Waals surface area contributed by atoms with Crippen molar-refractivity contribution in [3.8, 4) is 0 Å². The Balaban J connectivity index is 1.82. The number of anilines is 1. The molecule has 1 aromatic carbocycles. The molecule has 1 aliphatic heterocycles. The van der Waals surface area contributed by atoms with Crippen LogP contribution in [0, 0.1) is 19.8 Å². The summed E-state index contributed by atoms with van der Waals surface area (Å²) in [6.45, 7) is 7.12. The third-order valence-corrected chi connectivity index (χ3v) is 4.52. The van der Waals surface area contributed by atoms with E-state index in [4.69, 9.17) is 0 Å². The number of nitrogens with zero attached hydrogens (tertiary/aromatic N) is 2. The maximum absolute atomic E-state index is 12.7. The van der Waals surface area contributed by atoms with Crippen LogP contribution in [0.1, 0.15) is 30.9 Å². The van der Waals surface area contributed by atoms with Gasteiger partial charge in [-0.15, -0.1) is 0 Å². The van der Waals surface area contributed by atoms with Gasteiger partial charge >= 0.3 is 0 Å². The summed E-state index contributed by atoms with van der Waals surface area (Å²) in [5.41, 5.74) is 3.22. The molecule has 1 aromatic rings. The minimum absolute atomic E-state index is 0.0314. The SMILES string of the molecule is Cc1ccc(C)c(N2CCN(C(=O)C3CC3)[C@@H](C)C2=O)c1. The van der Waals surface area contributed by atoms with E-state index in [9.17, 15) is 9.59 Å². The third-order valence-electron chi connectivity index (χ3n) is 4.52. The smallest absolute Gasteiger partial charge is 0.249 e. The molecule has 0 bridgehead atoms. The lowest BCUT2D eigenvalue weighted by atomic mass is 10.1. The molecular formula is C17H22N2O2. The zero-order chi connectivity index (χ0) is 15.1. The van der Waals surface area contributed by atoms with Crippen LogP contribution >= 0.6 is 0 Å². The normalized spacial score (nSPS) is 22.6. The van der Waals surface area contributed by atoms with Crippen molar-refractivity contribution < 1.29 is 9.59 Å². The van der Waals surface area contributed by atoms with E-state index in [0.29, 0.717) is 13.1 Å². The average molecular weight is 286 g/mol. The first-order valence-corrected chi connectivity index (χ1v) is 7.68. The largest absolute Gasteiger partial charge is 0.329 e. The zero-order valence-corrected chi connectivity index (χ0v) is 12.9. The molecule has 2 fully saturated rings. The summed E-state index contributed by atoms with van der Waals surface area (Å²) >= 11 is 0. The number of carbonyl (C=O) groups excluding carboxylic acids is 2. The van der Waals surface area contributed by atoms with Gasteiger partial charge in [0.05, 0.1) is 0 Å². The fourth-order valence-electron chi connectivity index (χ4n) is 2.99. The Morgan fingerprint density at radius 2 is 1.90 bits per heavy atom. The second-order valence-corrected chi connectivity index (χ2v) is 6.26. The van der Waals surface area contributed by atoms with Gasteiger partial charge in [0.2, 0.25) is 11.8 Å². The molecular weight excluding hydrogens is 264 g/mol. The second kappa shape index (κ2) is 5.17. The maximum Gasteiger partial charge on any atom is 0.249 e. The lowest BCUT2D eigenvalue weighted by Crippen LogP contribution is -2.58. The first-order valence-electron chi connectivity index (χ1n) is 7.68. The number of rotatable bonds is 2. The van der Waals surface area contributed by atoms with Gasteiger partial charge in [-0.3, -0.25) is 9.59 Å². The van der Waals surface area contributed by atoms with Gasteiger partial charge in [-0.2, -0.15) is 0 Å². The molecule has 1 saturated heterocycles. The van der Waals surface area contributed by atoms with Crippen molar-refractivity contribution in [2.75, 3.05) is 18.0 Å². The summed E-state index contributed by atoms with van der Waals surface area (Å²) in [5.74, 6) is 0.368. The number of hydrogen-bond donors (Lipinski definition) is 0. The van der Waals surface area contributed by atoms with Gasteiger partial charge in [0, 0.05) is 24.7 Å². The highest BCUT2D eigenvalue weighted by atomic mass is 16.2. The van der Waals surface area contributed by atoms with E-state index in [1.165, 1.54) is 0 Å². The number of carbonyl (C=O) groups is 2. The molecule has 0 unspecified atom stereocenters. The first-order chi connectivity index (χ1) is 9.99. The van der Waals surface area contributed by atoms with Crippen molar-refractivity contribution in [1.82, 2.24) is 4.90 Å². The summed E-state index contributed by atoms with van der Waals surface area (Å²) in [6.07, 6.45) is 1.97. The maximum atomic E-state index is 12.7. The Morgan fingerprint density at radius 3 is 2.57 bits per heavy atom. The van der Waals surface area contributed by atoms with Crippen LogP contribution in [0.3, 0.4) is 0 Å². The number of piperazine rings is 1. The third kappa shape index (κ3) is 2.55. The van der Waals surface area contributed by atoms with Crippen molar-refractivity contribution in [3.63, 3.8) is 0 Å². The van der Waals surface area contributed by atoms with Crippen LogP contribution in [0.25, 0.3) is 0 Å². The van der Waals surface area contributed by atoms with Gasteiger partial charge in [-0.05, 0) is 50.8 Å². The standard InChI is InChI=1S/C17H22N2O2/c1-11-4-5-12(2)15(10-11)19-9-8-18(13(3)16(19)20)17(21)14-6-7-14/h4-5,10,13-14H,6-9H2,1-3H3/t13-/m0/s1. The summed E-state index contributed by atoms with van der Waals surface area (Å²) in [4.78, 5) is 28.5. The van der Waals surface area contributed by atoms with E-state index in [1.807, 2.05) is 31.7 Å². The lowest BCUT2D eigenvalue weighted by Gasteiger charge is -2.39. The van der Waals surface area contributed by atoms with Crippen LogP contribution in [0.2, 0.25) is 0 Å². The highest BCUT2D eigenvalue weighted by Crippen LogP contribution is 2.33. The van der Waals surface area contributed by atoms with Gasteiger partial charge in [-0.1, -0.05) is 12.1 Å². The molecule has 0 radical (unpaired) electrons. The van der Waals surface area contributed by atoms with Crippen molar-refractivity contribution >= 4 is 17.5 Å². The van der Waals surface area contributed by atoms with Gasteiger partial charge in [-0.25, -0.2) is 0 Å². The zero-order valence-electron chi connectivity index (χ0n) is 12.9. The van der Waals surface area contributed by atoms with E-state index in [1.54, 1.807) is 4.90 Å². The monoisotopic (exact) mass is 286 g/mol. The van der Waals surface area contributed by atoms with E-state index >= 15 is 0 Å². The minimum atomic E-state index is -0.355. The summed E-state index contributed by atoms with van der Waals surface area (Å²) in [5, 5.41) is 0. The van der Waals surface area contributed by atoms with Crippen LogP contribution in [0.4, 0.5) is 5.69 Å². The molecule has 1 aliphatic carbocycles. The highest BCUT2D eigenvalue weighted by Gasteiger charge is 2.41. The van der Waals surface area contributed by atoms with Crippen molar-refractivity contribution in [2.45, 2.75) is 39.7 Å². The van der Waals surface area contributed by atoms with Gasteiger partial charge in [0.25, 0.3) is 0 Å². The number of amides is 2. The fraction of sp³-hybridized carbons (Fsp3) is 0.529. The molecule has 1 atom stereocenters. The van der Waals surface area contributed by atoms with Gasteiger partial charge < -0.3 is 9.80 Å². The molecule has 2 aliphatic rings. The topological polar surface area (TPSA) is 40.6 Å². The first kappa shape index (κ1) is 14.1. The summed E-state index contributed by atoms with van der Waals surface area (Å²) in [7, 11) is 0. The Bertz CT molecular complexity index is 592. The van der Waals surface area contributed by atoms with Crippen LogP contribution in [-0.2, 0) is 9.59 Å². The van der Waals surface area contributed by atoms with Gasteiger partial charge in [0.15, 0.2) is 0 Å². The minimum Gasteiger partial charge on any atom is -0.329 e. The molecule has 21 heavy (non-hydrogen) atoms. The van der Waals surface area contributed by atoms with E-state index < -0.39 is 0 Å². The Morgan fingerprint density at radius 1 is 1.19 bits per heavy atom. The molecule has 1 saturated carbocycles. The fourth-order valence-corrected chi connectivity index (χ4v) is 2.99. The van der Waals surface area contributed by atoms with E-state index in [0.717, 1.165) is 29.7 Å². The number of benzene rings is 1. The quantitative estimate of drug-likeness (QED) is 0.837. The second-order valence-electron chi connectivity index (χ2n) is 6.26. The van der Waals surface area contributed by atoms with Crippen molar-refractivity contribution in [3.05, 3.63) is 29.3 Å². The molecule has 0 spiro atoms. The van der Waals surface area contributed by atoms with Crippen LogP contribution < -0.4 is 4.90 Å². The predicted octanol–water partition coefficient (Wildman–Crippen LogP) is 2.28. The Labute approximate surface area is 125 Å². The van der Waals surface area contributed by atoms with Gasteiger partial charge in [0.1, 0.15) is 6.04 Å². The molecule has 4 heteroatoms. The van der Waals surface area contributed by atoms with E-state index in [-0.39, 0.29) is 23.8 Å². The van der Waals surface area contributed by atoms with E-state index in [2.05, 4.69) is 12.1 Å². The Kier molecular flexibility index (Phi) is 3.47. The molecule has 0 N–H and O–H groups in total. The number of aryl methyl sites for hydroxylation is 2. The summed E-state index contributed by atoms with van der Waals surface area (Å²) < 4.78 is 0. The summed E-state index contributed by atoms with van der Waals surface area (Å²) in [6, 6.07) is 5.80. The molecule has 4 nitrogen and oxygen atoms in total. The van der Waals surface area contributed by atoms with Crippen LogP contribution in [-0.4, -0.2) is 35.8 Å². The molecule has 3 rings (SSSR count). The van der Waals surface area contributed by atoms with Crippen molar-refractivity contribution in [1.29, 1.82) is 0 Å². The molecule has 0 aromatic heterocycles. The highest BCUT2D eigenvalue weighted by molar-refractivity contribution is 6.01. The number of hydrogen-bond acceptors (Lipinski definition) is 2. The van der Waals surface area contributed by atoms with Crippen molar-refractivity contribution in [2.24, 2.45) is 5.92 Å². The molecule has 112 valence electrons. The van der Waals surface area contributed by atoms with Crippen LogP contribution in [0.5, 0.6) is 0 Å². The predicted molar refractivity (Wildman–Crippen MR) is 82.2 cm³/mol.